The summed E-state index contributed by atoms with van der Waals surface area (Å²) in [6.07, 6.45) is 6.00. The lowest BCUT2D eigenvalue weighted by Crippen LogP contribution is -2.13. The largest absolute Gasteiger partial charge is 0.393 e. The molecule has 0 aromatic heterocycles. The van der Waals surface area contributed by atoms with Gasteiger partial charge in [-0.2, -0.15) is 0 Å². The van der Waals surface area contributed by atoms with Gasteiger partial charge in [0, 0.05) is 6.42 Å². The van der Waals surface area contributed by atoms with Gasteiger partial charge in [0.15, 0.2) is 0 Å². The zero-order valence-corrected chi connectivity index (χ0v) is 8.41. The lowest BCUT2D eigenvalue weighted by Gasteiger charge is -2.12. The van der Waals surface area contributed by atoms with Crippen LogP contribution >= 0.6 is 12.2 Å². The third-order valence-corrected chi connectivity index (χ3v) is 2.20. The van der Waals surface area contributed by atoms with Crippen LogP contribution < -0.4 is 5.73 Å². The molecule has 0 fully saturated rings. The molecule has 1 atom stereocenters. The molecule has 0 aromatic carbocycles. The van der Waals surface area contributed by atoms with Crippen molar-refractivity contribution in [3.05, 3.63) is 0 Å². The minimum Gasteiger partial charge on any atom is -0.393 e. The third-order valence-electron chi connectivity index (χ3n) is 2.03. The van der Waals surface area contributed by atoms with E-state index in [-0.39, 0.29) is 0 Å². The Labute approximate surface area is 75.4 Å². The first-order chi connectivity index (χ1) is 5.20. The molecule has 0 aliphatic heterocycles. The molecule has 0 bridgehead atoms. The molecule has 2 N–H and O–H groups in total. The Hall–Kier alpha value is -0.110. The first-order valence-corrected chi connectivity index (χ1v) is 4.89. The lowest BCUT2D eigenvalue weighted by molar-refractivity contribution is 0.467. The summed E-state index contributed by atoms with van der Waals surface area (Å²) in [6, 6.07) is 0. The van der Waals surface area contributed by atoms with E-state index in [1.165, 1.54) is 25.7 Å². The molecule has 1 nitrogen and oxygen atoms in total. The molecule has 0 heterocycles. The van der Waals surface area contributed by atoms with E-state index in [0.29, 0.717) is 4.99 Å². The summed E-state index contributed by atoms with van der Waals surface area (Å²) >= 11 is 4.87. The molecule has 0 aliphatic rings. The van der Waals surface area contributed by atoms with Crippen molar-refractivity contribution in [2.24, 2.45) is 11.7 Å². The van der Waals surface area contributed by atoms with E-state index in [0.717, 1.165) is 12.3 Å². The molecule has 11 heavy (non-hydrogen) atoms. The summed E-state index contributed by atoms with van der Waals surface area (Å²) < 4.78 is 0. The number of unbranched alkanes of at least 4 members (excludes halogenated alkanes) is 1. The molecule has 0 saturated carbocycles. The highest BCUT2D eigenvalue weighted by atomic mass is 32.1. The zero-order chi connectivity index (χ0) is 8.69. The van der Waals surface area contributed by atoms with E-state index in [9.17, 15) is 0 Å². The van der Waals surface area contributed by atoms with Crippen LogP contribution in [0.15, 0.2) is 0 Å². The Balaban J connectivity index is 3.49. The number of rotatable bonds is 6. The van der Waals surface area contributed by atoms with E-state index in [4.69, 9.17) is 18.0 Å². The molecule has 0 aromatic rings. The molecule has 2 heteroatoms. The van der Waals surface area contributed by atoms with Crippen molar-refractivity contribution in [1.82, 2.24) is 0 Å². The van der Waals surface area contributed by atoms with E-state index >= 15 is 0 Å². The van der Waals surface area contributed by atoms with Crippen LogP contribution in [0.25, 0.3) is 0 Å². The van der Waals surface area contributed by atoms with Gasteiger partial charge in [0.1, 0.15) is 0 Å². The Bertz CT molecular complexity index is 112. The van der Waals surface area contributed by atoms with Crippen LogP contribution in [0, 0.1) is 5.92 Å². The maximum absolute atomic E-state index is 5.47. The predicted octanol–water partition coefficient (Wildman–Crippen LogP) is 2.88. The average Bonchev–Trinajstić information content (AvgIpc) is 1.97. The summed E-state index contributed by atoms with van der Waals surface area (Å²) in [7, 11) is 0. The van der Waals surface area contributed by atoms with Crippen molar-refractivity contribution in [2.45, 2.75) is 46.0 Å². The second-order valence-corrected chi connectivity index (χ2v) is 3.61. The van der Waals surface area contributed by atoms with Gasteiger partial charge >= 0.3 is 0 Å². The quantitative estimate of drug-likeness (QED) is 0.625. The molecule has 0 aliphatic carbocycles. The van der Waals surface area contributed by atoms with Gasteiger partial charge in [-0.1, -0.05) is 51.7 Å². The molecule has 0 radical (unpaired) electrons. The van der Waals surface area contributed by atoms with Gasteiger partial charge in [0.25, 0.3) is 0 Å². The summed E-state index contributed by atoms with van der Waals surface area (Å²) in [6.45, 7) is 4.42. The van der Waals surface area contributed by atoms with Crippen LogP contribution in [0.2, 0.25) is 0 Å². The van der Waals surface area contributed by atoms with Crippen molar-refractivity contribution < 1.29 is 0 Å². The fourth-order valence-electron chi connectivity index (χ4n) is 1.23. The monoisotopic (exact) mass is 173 g/mol. The fourth-order valence-corrected chi connectivity index (χ4v) is 1.46. The number of hydrogen-bond donors (Lipinski definition) is 1. The summed E-state index contributed by atoms with van der Waals surface area (Å²) in [4.78, 5) is 0.674. The Morgan fingerprint density at radius 1 is 1.45 bits per heavy atom. The van der Waals surface area contributed by atoms with Crippen molar-refractivity contribution in [2.75, 3.05) is 0 Å². The lowest BCUT2D eigenvalue weighted by atomic mass is 9.96. The maximum Gasteiger partial charge on any atom is 0.0730 e. The van der Waals surface area contributed by atoms with Crippen LogP contribution in [0.3, 0.4) is 0 Å². The third kappa shape index (κ3) is 6.29. The van der Waals surface area contributed by atoms with Crippen molar-refractivity contribution in [3.63, 3.8) is 0 Å². The number of nitrogens with two attached hydrogens (primary N) is 1. The first kappa shape index (κ1) is 10.9. The Morgan fingerprint density at radius 3 is 2.45 bits per heavy atom. The molecular formula is C9H19NS. The Kier molecular flexibility index (Phi) is 6.52. The van der Waals surface area contributed by atoms with E-state index in [1.807, 2.05) is 0 Å². The van der Waals surface area contributed by atoms with Gasteiger partial charge in [0.05, 0.1) is 4.99 Å². The summed E-state index contributed by atoms with van der Waals surface area (Å²) in [5, 5.41) is 0. The number of thiocarbonyl (C=S) groups is 1. The van der Waals surface area contributed by atoms with Crippen molar-refractivity contribution in [3.8, 4) is 0 Å². The Morgan fingerprint density at radius 2 is 2.09 bits per heavy atom. The molecule has 0 saturated heterocycles. The molecule has 66 valence electrons. The number of hydrogen-bond acceptors (Lipinski definition) is 1. The minimum atomic E-state index is 0.674. The topological polar surface area (TPSA) is 26.0 Å². The standard InChI is InChI=1S/C9H19NS/c1-3-5-6-8(4-2)7-9(10)11/h8H,3-7H2,1-2H3,(H2,10,11). The molecule has 0 rings (SSSR count). The van der Waals surface area contributed by atoms with E-state index in [2.05, 4.69) is 13.8 Å². The SMILES string of the molecule is CCCCC(CC)CC(N)=S. The van der Waals surface area contributed by atoms with E-state index in [1.54, 1.807) is 0 Å². The predicted molar refractivity (Wildman–Crippen MR) is 54.7 cm³/mol. The van der Waals surface area contributed by atoms with Crippen LogP contribution in [-0.2, 0) is 0 Å². The first-order valence-electron chi connectivity index (χ1n) is 4.49. The molecule has 0 amide bonds. The summed E-state index contributed by atoms with van der Waals surface area (Å²) in [5.41, 5.74) is 5.47. The van der Waals surface area contributed by atoms with Gasteiger partial charge < -0.3 is 5.73 Å². The van der Waals surface area contributed by atoms with Crippen LogP contribution in [0.5, 0.6) is 0 Å². The minimum absolute atomic E-state index is 0.674. The van der Waals surface area contributed by atoms with Gasteiger partial charge in [-0.25, -0.2) is 0 Å². The highest BCUT2D eigenvalue weighted by Crippen LogP contribution is 2.16. The molecular weight excluding hydrogens is 154 g/mol. The van der Waals surface area contributed by atoms with Gasteiger partial charge in [-0.15, -0.1) is 0 Å². The van der Waals surface area contributed by atoms with Crippen LogP contribution in [0.4, 0.5) is 0 Å². The zero-order valence-electron chi connectivity index (χ0n) is 7.60. The molecule has 0 spiro atoms. The van der Waals surface area contributed by atoms with Gasteiger partial charge in [-0.3, -0.25) is 0 Å². The van der Waals surface area contributed by atoms with Crippen molar-refractivity contribution >= 4 is 17.2 Å². The van der Waals surface area contributed by atoms with Crippen molar-refractivity contribution in [1.29, 1.82) is 0 Å². The molecule has 1 unspecified atom stereocenters. The second-order valence-electron chi connectivity index (χ2n) is 3.09. The van der Waals surface area contributed by atoms with Crippen LogP contribution in [-0.4, -0.2) is 4.99 Å². The average molecular weight is 173 g/mol. The smallest absolute Gasteiger partial charge is 0.0730 e. The van der Waals surface area contributed by atoms with Crippen LogP contribution in [0.1, 0.15) is 46.0 Å². The maximum atomic E-state index is 5.47. The van der Waals surface area contributed by atoms with E-state index < -0.39 is 0 Å². The van der Waals surface area contributed by atoms with Gasteiger partial charge in [0.2, 0.25) is 0 Å². The second kappa shape index (κ2) is 6.59. The normalized spacial score (nSPS) is 12.9. The summed E-state index contributed by atoms with van der Waals surface area (Å²) in [5.74, 6) is 0.729. The van der Waals surface area contributed by atoms with Gasteiger partial charge in [-0.05, 0) is 5.92 Å². The fraction of sp³-hybridized carbons (Fsp3) is 0.889. The highest BCUT2D eigenvalue weighted by Gasteiger charge is 2.05. The highest BCUT2D eigenvalue weighted by molar-refractivity contribution is 7.80.